The number of nitrogens with zero attached hydrogens (tertiary/aromatic N) is 6. The third-order valence-corrected chi connectivity index (χ3v) is 11.1. The first-order valence-electron chi connectivity index (χ1n) is 17.6. The number of likely N-dealkylation sites (tertiary alicyclic amines) is 1. The second-order valence-corrected chi connectivity index (χ2v) is 14.2. The van der Waals surface area contributed by atoms with Gasteiger partial charge in [0.15, 0.2) is 11.3 Å². The molecule has 0 bridgehead atoms. The fraction of sp³-hybridized carbons (Fsp3) is 0.317. The summed E-state index contributed by atoms with van der Waals surface area (Å²) in [6.07, 6.45) is 3.86. The van der Waals surface area contributed by atoms with Crippen molar-refractivity contribution in [3.63, 3.8) is 0 Å². The summed E-state index contributed by atoms with van der Waals surface area (Å²) in [7, 11) is 2.13. The average Bonchev–Trinajstić information content (AvgIpc) is 3.78. The Morgan fingerprint density at radius 1 is 0.920 bits per heavy atom. The SMILES string of the molecule is Cc1cc2c(nc(OC(C)C3CCCN3C)c3nnn(C4CCNCC4)c32)c(F)c1-c1ccc2cc3cc4c(C#N)cccc4cc3cc2c1. The van der Waals surface area contributed by atoms with Crippen LogP contribution in [0.2, 0.25) is 0 Å². The number of rotatable bonds is 5. The second-order valence-electron chi connectivity index (χ2n) is 14.2. The number of nitriles is 1. The summed E-state index contributed by atoms with van der Waals surface area (Å²) in [6, 6.07) is 25.2. The normalized spacial score (nSPS) is 18.1. The summed E-state index contributed by atoms with van der Waals surface area (Å²) >= 11 is 0. The van der Waals surface area contributed by atoms with E-state index in [0.717, 1.165) is 94.3 Å². The van der Waals surface area contributed by atoms with E-state index in [2.05, 4.69) is 77.0 Å². The molecule has 2 unspecified atom stereocenters. The quantitative estimate of drug-likeness (QED) is 0.186. The lowest BCUT2D eigenvalue weighted by Gasteiger charge is -2.27. The van der Waals surface area contributed by atoms with E-state index < -0.39 is 0 Å². The highest BCUT2D eigenvalue weighted by Gasteiger charge is 2.31. The minimum atomic E-state index is -0.370. The predicted molar refractivity (Wildman–Crippen MR) is 197 cm³/mol. The maximum atomic E-state index is 17.2. The summed E-state index contributed by atoms with van der Waals surface area (Å²) in [5.41, 5.74) is 4.44. The number of benzene rings is 5. The Bertz CT molecular complexity index is 2530. The summed E-state index contributed by atoms with van der Waals surface area (Å²) in [5.74, 6) is -0.0310. The molecule has 2 atom stereocenters. The molecule has 0 amide bonds. The minimum absolute atomic E-state index is 0.147. The van der Waals surface area contributed by atoms with Gasteiger partial charge in [0.05, 0.1) is 17.7 Å². The Morgan fingerprint density at radius 3 is 2.50 bits per heavy atom. The Hall–Kier alpha value is -5.17. The summed E-state index contributed by atoms with van der Waals surface area (Å²) in [5, 5.41) is 29.2. The molecular formula is C41H38FN7O. The molecule has 2 aliphatic rings. The minimum Gasteiger partial charge on any atom is -0.471 e. The number of aromatic nitrogens is 4. The summed E-state index contributed by atoms with van der Waals surface area (Å²) in [4.78, 5) is 7.23. The van der Waals surface area contributed by atoms with Gasteiger partial charge in [0, 0.05) is 22.4 Å². The first-order valence-corrected chi connectivity index (χ1v) is 17.6. The summed E-state index contributed by atoms with van der Waals surface area (Å²) in [6.45, 7) is 6.86. The van der Waals surface area contributed by atoms with Crippen LogP contribution < -0.4 is 10.1 Å². The fourth-order valence-electron chi connectivity index (χ4n) is 8.46. The van der Waals surface area contributed by atoms with Gasteiger partial charge in [0.25, 0.3) is 0 Å². The Kier molecular flexibility index (Phi) is 7.41. The van der Waals surface area contributed by atoms with E-state index in [9.17, 15) is 5.26 Å². The lowest BCUT2D eigenvalue weighted by atomic mass is 9.93. The molecular weight excluding hydrogens is 625 g/mol. The zero-order chi connectivity index (χ0) is 34.1. The van der Waals surface area contributed by atoms with Crippen molar-refractivity contribution >= 4 is 54.3 Å². The van der Waals surface area contributed by atoms with E-state index in [4.69, 9.17) is 9.72 Å². The number of halogens is 1. The molecule has 0 radical (unpaired) electrons. The van der Waals surface area contributed by atoms with Crippen molar-refractivity contribution < 1.29 is 9.13 Å². The number of likely N-dealkylation sites (N-methyl/N-ethyl adjacent to an activating group) is 1. The Labute approximate surface area is 289 Å². The van der Waals surface area contributed by atoms with Gasteiger partial charge in [-0.2, -0.15) is 5.26 Å². The van der Waals surface area contributed by atoms with Crippen LogP contribution in [0.3, 0.4) is 0 Å². The van der Waals surface area contributed by atoms with E-state index in [-0.39, 0.29) is 29.5 Å². The van der Waals surface area contributed by atoms with Crippen LogP contribution in [0, 0.1) is 24.1 Å². The number of ether oxygens (including phenoxy) is 1. The molecule has 0 saturated carbocycles. The van der Waals surface area contributed by atoms with Crippen LogP contribution >= 0.6 is 0 Å². The molecule has 0 spiro atoms. The Balaban J connectivity index is 1.21. The molecule has 2 aromatic heterocycles. The molecule has 7 aromatic rings. The molecule has 8 nitrogen and oxygen atoms in total. The standard InChI is InChI=1S/C41H38FN7O/c1-23-16-34-38(45-41(50-24(2)35-8-5-15-48(35)3)39-40(34)49(47-46-39)32-11-13-44-14-12-32)37(42)36(23)27-10-9-25-17-31-21-33-26(6-4-7-28(33)22-43)18-30(31)20-29(25)19-27/h4,6-7,9-10,16-21,24,32,35,44H,5,8,11-15H2,1-3H3. The maximum Gasteiger partial charge on any atom is 0.245 e. The van der Waals surface area contributed by atoms with Gasteiger partial charge in [-0.25, -0.2) is 14.1 Å². The predicted octanol–water partition coefficient (Wildman–Crippen LogP) is 8.21. The van der Waals surface area contributed by atoms with E-state index >= 15 is 4.39 Å². The number of hydrogen-bond acceptors (Lipinski definition) is 7. The van der Waals surface area contributed by atoms with E-state index in [0.29, 0.717) is 27.9 Å². The van der Waals surface area contributed by atoms with Crippen molar-refractivity contribution in [2.24, 2.45) is 0 Å². The smallest absolute Gasteiger partial charge is 0.245 e. The number of hydrogen-bond donors (Lipinski definition) is 1. The van der Waals surface area contributed by atoms with Gasteiger partial charge < -0.3 is 10.1 Å². The van der Waals surface area contributed by atoms with Crippen molar-refractivity contribution in [3.05, 3.63) is 83.7 Å². The van der Waals surface area contributed by atoms with Crippen molar-refractivity contribution in [1.82, 2.24) is 30.2 Å². The fourth-order valence-corrected chi connectivity index (χ4v) is 8.46. The third-order valence-electron chi connectivity index (χ3n) is 11.1. The van der Waals surface area contributed by atoms with Crippen molar-refractivity contribution in [2.45, 2.75) is 57.7 Å². The largest absolute Gasteiger partial charge is 0.471 e. The molecule has 2 aliphatic heterocycles. The highest BCUT2D eigenvalue weighted by Crippen LogP contribution is 2.40. The number of piperidine rings is 1. The Morgan fingerprint density at radius 2 is 1.70 bits per heavy atom. The van der Waals surface area contributed by atoms with E-state index in [1.807, 2.05) is 41.9 Å². The molecule has 2 fully saturated rings. The topological polar surface area (TPSA) is 91.9 Å². The van der Waals surface area contributed by atoms with Crippen LogP contribution in [0.1, 0.15) is 49.8 Å². The first-order chi connectivity index (χ1) is 24.4. The van der Waals surface area contributed by atoms with Gasteiger partial charge in [-0.05, 0) is 147 Å². The lowest BCUT2D eigenvalue weighted by Crippen LogP contribution is -2.38. The third kappa shape index (κ3) is 4.97. The number of pyridine rings is 1. The number of aryl methyl sites for hydroxylation is 1. The number of nitrogens with one attached hydrogen (secondary N) is 1. The van der Waals surface area contributed by atoms with Gasteiger partial charge >= 0.3 is 0 Å². The van der Waals surface area contributed by atoms with Crippen LogP contribution in [-0.4, -0.2) is 63.7 Å². The van der Waals surface area contributed by atoms with Crippen LogP contribution in [0.4, 0.5) is 4.39 Å². The molecule has 50 heavy (non-hydrogen) atoms. The highest BCUT2D eigenvalue weighted by molar-refractivity contribution is 6.08. The van der Waals surface area contributed by atoms with E-state index in [1.54, 1.807) is 0 Å². The summed E-state index contributed by atoms with van der Waals surface area (Å²) < 4.78 is 25.8. The molecule has 250 valence electrons. The average molecular weight is 664 g/mol. The van der Waals surface area contributed by atoms with Gasteiger partial charge in [0.1, 0.15) is 17.1 Å². The molecule has 2 saturated heterocycles. The monoisotopic (exact) mass is 663 g/mol. The molecule has 4 heterocycles. The van der Waals surface area contributed by atoms with Gasteiger partial charge in [-0.15, -0.1) is 5.10 Å². The van der Waals surface area contributed by atoms with Gasteiger partial charge in [0.2, 0.25) is 5.88 Å². The molecule has 1 N–H and O–H groups in total. The first kappa shape index (κ1) is 30.9. The molecule has 9 rings (SSSR count). The van der Waals surface area contributed by atoms with Crippen molar-refractivity contribution in [3.8, 4) is 23.1 Å². The zero-order valence-electron chi connectivity index (χ0n) is 28.5. The molecule has 0 aliphatic carbocycles. The second kappa shape index (κ2) is 12.0. The maximum absolute atomic E-state index is 17.2. The van der Waals surface area contributed by atoms with Crippen LogP contribution in [0.25, 0.3) is 65.4 Å². The van der Waals surface area contributed by atoms with Gasteiger partial charge in [-0.1, -0.05) is 29.5 Å². The molecule has 5 aromatic carbocycles. The van der Waals surface area contributed by atoms with E-state index in [1.165, 1.54) is 0 Å². The van der Waals surface area contributed by atoms with Gasteiger partial charge in [-0.3, -0.25) is 4.90 Å². The lowest BCUT2D eigenvalue weighted by molar-refractivity contribution is 0.118. The number of fused-ring (bicyclic) bond motifs is 6. The zero-order valence-corrected chi connectivity index (χ0v) is 28.5. The van der Waals surface area contributed by atoms with Crippen LogP contribution in [-0.2, 0) is 0 Å². The van der Waals surface area contributed by atoms with Crippen LogP contribution in [0.5, 0.6) is 5.88 Å². The van der Waals surface area contributed by atoms with Crippen molar-refractivity contribution in [2.75, 3.05) is 26.7 Å². The van der Waals surface area contributed by atoms with Crippen LogP contribution in [0.15, 0.2) is 66.7 Å². The molecule has 9 heteroatoms. The van der Waals surface area contributed by atoms with Crippen molar-refractivity contribution in [1.29, 1.82) is 5.26 Å². The highest BCUT2D eigenvalue weighted by atomic mass is 19.1.